The summed E-state index contributed by atoms with van der Waals surface area (Å²) in [4.78, 5) is 0. The summed E-state index contributed by atoms with van der Waals surface area (Å²) in [6, 6.07) is 0. The molecule has 0 aromatic rings. The van der Waals surface area contributed by atoms with Crippen molar-refractivity contribution in [3.05, 3.63) is 26.3 Å². The second-order valence-corrected chi connectivity index (χ2v) is 0.529. The number of rotatable bonds is 1. The van der Waals surface area contributed by atoms with Crippen LogP contribution < -0.4 is 0 Å². The maximum absolute atomic E-state index is 7.56. The van der Waals surface area contributed by atoms with Crippen LogP contribution in [0.4, 0.5) is 0 Å². The molecule has 0 rings (SSSR count). The quantitative estimate of drug-likeness (QED) is 0.253. The maximum atomic E-state index is 7.56. The number of nitrogens with zero attached hydrogens (tertiary/aromatic N) is 2. The van der Waals surface area contributed by atoms with Crippen molar-refractivity contribution in [1.82, 2.24) is 0 Å². The summed E-state index contributed by atoms with van der Waals surface area (Å²) in [6.45, 7) is 12.0. The van der Waals surface area contributed by atoms with Crippen molar-refractivity contribution in [2.24, 2.45) is 10.3 Å². The molecule has 58 valence electrons. The van der Waals surface area contributed by atoms with E-state index in [1.54, 1.807) is 0 Å². The van der Waals surface area contributed by atoms with Crippen LogP contribution >= 0.6 is 0 Å². The van der Waals surface area contributed by atoms with Crippen LogP contribution in [0.2, 0.25) is 0 Å². The van der Waals surface area contributed by atoms with Gasteiger partial charge in [-0.15, -0.1) is 26.3 Å². The SMILES string of the molecule is C=C.C=C.ON=CC=NO. The lowest BCUT2D eigenvalue weighted by Crippen LogP contribution is -1.70. The molecule has 0 amide bonds. The Hall–Kier alpha value is -1.58. The predicted octanol–water partition coefficient (Wildman–Crippen LogP) is 1.51. The molecule has 0 heterocycles. The Labute approximate surface area is 60.5 Å². The summed E-state index contributed by atoms with van der Waals surface area (Å²) in [5.41, 5.74) is 0. The highest BCUT2D eigenvalue weighted by Crippen LogP contribution is 1.45. The third-order valence-corrected chi connectivity index (χ3v) is 0.200. The van der Waals surface area contributed by atoms with E-state index in [9.17, 15) is 0 Å². The van der Waals surface area contributed by atoms with Gasteiger partial charge in [0, 0.05) is 0 Å². The van der Waals surface area contributed by atoms with Gasteiger partial charge in [0.1, 0.15) is 0 Å². The first-order chi connectivity index (χ1) is 4.91. The van der Waals surface area contributed by atoms with E-state index in [0.29, 0.717) is 0 Å². The van der Waals surface area contributed by atoms with Crippen molar-refractivity contribution in [2.75, 3.05) is 0 Å². The zero-order valence-electron chi connectivity index (χ0n) is 5.77. The molecule has 2 N–H and O–H groups in total. The molecule has 0 aliphatic rings. The van der Waals surface area contributed by atoms with Crippen LogP contribution in [0.5, 0.6) is 0 Å². The Bertz CT molecular complexity index is 79.7. The van der Waals surface area contributed by atoms with Gasteiger partial charge in [-0.3, -0.25) is 0 Å². The molecule has 0 spiro atoms. The molecule has 0 bridgehead atoms. The summed E-state index contributed by atoms with van der Waals surface area (Å²) < 4.78 is 0. The Balaban J connectivity index is -0.000000105. The van der Waals surface area contributed by atoms with Crippen LogP contribution in [0.25, 0.3) is 0 Å². The van der Waals surface area contributed by atoms with Crippen molar-refractivity contribution in [1.29, 1.82) is 0 Å². The first-order valence-electron chi connectivity index (χ1n) is 2.25. The highest BCUT2D eigenvalue weighted by Gasteiger charge is 1.54. The monoisotopic (exact) mass is 144 g/mol. The largest absolute Gasteiger partial charge is 0.411 e. The molecule has 0 aromatic carbocycles. The minimum atomic E-state index is 0.944. The maximum Gasteiger partial charge on any atom is 0.0877 e. The molecule has 0 atom stereocenters. The van der Waals surface area contributed by atoms with Crippen molar-refractivity contribution >= 4 is 12.4 Å². The number of oxime groups is 2. The first kappa shape index (κ1) is 15.8. The molecule has 0 aromatic heterocycles. The Morgan fingerprint density at radius 2 is 1.00 bits per heavy atom. The Kier molecular flexibility index (Phi) is 82.4. The average molecular weight is 144 g/mol. The van der Waals surface area contributed by atoms with Crippen LogP contribution in [0, 0.1) is 0 Å². The van der Waals surface area contributed by atoms with Crippen molar-refractivity contribution in [3.8, 4) is 0 Å². The number of hydrogen-bond donors (Lipinski definition) is 2. The van der Waals surface area contributed by atoms with E-state index in [2.05, 4.69) is 36.6 Å². The fourth-order valence-corrected chi connectivity index (χ4v) is 0.0596. The van der Waals surface area contributed by atoms with Crippen molar-refractivity contribution < 1.29 is 10.4 Å². The van der Waals surface area contributed by atoms with E-state index in [1.165, 1.54) is 0 Å². The average Bonchev–Trinajstić information content (AvgIpc) is 2.08. The van der Waals surface area contributed by atoms with Gasteiger partial charge in [-0.05, 0) is 0 Å². The highest BCUT2D eigenvalue weighted by molar-refractivity contribution is 6.15. The summed E-state index contributed by atoms with van der Waals surface area (Å²) in [7, 11) is 0. The number of hydrogen-bond acceptors (Lipinski definition) is 4. The minimum Gasteiger partial charge on any atom is -0.411 e. The second-order valence-electron chi connectivity index (χ2n) is 0.529. The van der Waals surface area contributed by atoms with Gasteiger partial charge in [0.15, 0.2) is 0 Å². The Morgan fingerprint density at radius 3 is 1.10 bits per heavy atom. The third kappa shape index (κ3) is 93.5. The summed E-state index contributed by atoms with van der Waals surface area (Å²) >= 11 is 0. The molecule has 10 heavy (non-hydrogen) atoms. The van der Waals surface area contributed by atoms with Gasteiger partial charge in [0.25, 0.3) is 0 Å². The fraction of sp³-hybridized carbons (Fsp3) is 0. The van der Waals surface area contributed by atoms with Crippen LogP contribution in [-0.4, -0.2) is 22.8 Å². The zero-order valence-corrected chi connectivity index (χ0v) is 5.77. The van der Waals surface area contributed by atoms with Crippen LogP contribution in [0.3, 0.4) is 0 Å². The first-order valence-corrected chi connectivity index (χ1v) is 2.25. The topological polar surface area (TPSA) is 65.2 Å². The lowest BCUT2D eigenvalue weighted by molar-refractivity contribution is 0.317. The molecule has 4 nitrogen and oxygen atoms in total. The van der Waals surface area contributed by atoms with Gasteiger partial charge in [-0.25, -0.2) is 0 Å². The molecular formula is C6H12N2O2. The van der Waals surface area contributed by atoms with Gasteiger partial charge in [-0.1, -0.05) is 10.3 Å². The normalized spacial score (nSPS) is 7.60. The molecule has 0 saturated carbocycles. The summed E-state index contributed by atoms with van der Waals surface area (Å²) in [5, 5.41) is 20.1. The van der Waals surface area contributed by atoms with Gasteiger partial charge in [0.05, 0.1) is 12.4 Å². The smallest absolute Gasteiger partial charge is 0.0877 e. The van der Waals surface area contributed by atoms with E-state index in [0.717, 1.165) is 12.4 Å². The molecule has 4 heteroatoms. The molecule has 0 radical (unpaired) electrons. The van der Waals surface area contributed by atoms with Crippen molar-refractivity contribution in [3.63, 3.8) is 0 Å². The molecule has 0 aliphatic carbocycles. The van der Waals surface area contributed by atoms with Crippen molar-refractivity contribution in [2.45, 2.75) is 0 Å². The third-order valence-electron chi connectivity index (χ3n) is 0.200. The fourth-order valence-electron chi connectivity index (χ4n) is 0.0596. The van der Waals surface area contributed by atoms with E-state index < -0.39 is 0 Å². The van der Waals surface area contributed by atoms with Crippen LogP contribution in [0.15, 0.2) is 36.6 Å². The zero-order chi connectivity index (χ0) is 8.83. The highest BCUT2D eigenvalue weighted by atomic mass is 16.4. The predicted molar refractivity (Wildman–Crippen MR) is 43.1 cm³/mol. The molecule has 0 aliphatic heterocycles. The van der Waals surface area contributed by atoms with Crippen LogP contribution in [0.1, 0.15) is 0 Å². The van der Waals surface area contributed by atoms with E-state index in [-0.39, 0.29) is 0 Å². The lowest BCUT2D eigenvalue weighted by Gasteiger charge is -1.62. The standard InChI is InChI=1S/C2H4N2O2.2C2H4/c5-3-1-2-4-6;2*1-2/h1-2,5-6H;2*1-2H2. The van der Waals surface area contributed by atoms with E-state index >= 15 is 0 Å². The van der Waals surface area contributed by atoms with Crippen LogP contribution in [-0.2, 0) is 0 Å². The van der Waals surface area contributed by atoms with E-state index in [4.69, 9.17) is 10.4 Å². The minimum absolute atomic E-state index is 0.944. The van der Waals surface area contributed by atoms with E-state index in [1.807, 2.05) is 0 Å². The Morgan fingerprint density at radius 1 is 0.800 bits per heavy atom. The second kappa shape index (κ2) is 52.2. The van der Waals surface area contributed by atoms with Gasteiger partial charge in [0.2, 0.25) is 0 Å². The van der Waals surface area contributed by atoms with Gasteiger partial charge in [-0.2, -0.15) is 0 Å². The molecular weight excluding hydrogens is 132 g/mol. The summed E-state index contributed by atoms with van der Waals surface area (Å²) in [5.74, 6) is 0. The van der Waals surface area contributed by atoms with Gasteiger partial charge >= 0.3 is 0 Å². The molecule has 0 unspecified atom stereocenters. The lowest BCUT2D eigenvalue weighted by atomic mass is 10.8. The molecule has 0 fully saturated rings. The van der Waals surface area contributed by atoms with Gasteiger partial charge < -0.3 is 10.4 Å². The summed E-state index contributed by atoms with van der Waals surface area (Å²) in [6.07, 6.45) is 1.89. The molecule has 0 saturated heterocycles.